The number of methoxy groups -OCH3 is 2. The molecular formula is C28H35FO3. The van der Waals surface area contributed by atoms with Crippen molar-refractivity contribution < 1.29 is 18.7 Å². The molecule has 0 aliphatic heterocycles. The third kappa shape index (κ3) is 5.70. The van der Waals surface area contributed by atoms with Crippen LogP contribution in [0.2, 0.25) is 0 Å². The maximum absolute atomic E-state index is 14.3. The highest BCUT2D eigenvalue weighted by atomic mass is 19.1. The number of benzene rings is 2. The Bertz CT molecular complexity index is 913. The maximum Gasteiger partial charge on any atom is 0.306 e. The SMILES string of the molecule is COC(=O)CC(c1cccc(CCC2CCC(c3cc(OC)ccc3F)CC2)c1)C1CC1. The zero-order valence-corrected chi connectivity index (χ0v) is 19.3. The van der Waals surface area contributed by atoms with Crippen molar-refractivity contribution in [2.45, 2.75) is 69.6 Å². The molecule has 2 aromatic carbocycles. The van der Waals surface area contributed by atoms with E-state index in [0.717, 1.165) is 43.4 Å². The third-order valence-corrected chi connectivity index (χ3v) is 7.52. The van der Waals surface area contributed by atoms with Gasteiger partial charge in [-0.05, 0) is 110 Å². The van der Waals surface area contributed by atoms with Crippen LogP contribution in [0.1, 0.15) is 79.9 Å². The van der Waals surface area contributed by atoms with Gasteiger partial charge in [0.15, 0.2) is 0 Å². The van der Waals surface area contributed by atoms with Crippen molar-refractivity contribution in [3.8, 4) is 5.75 Å². The Morgan fingerprint density at radius 3 is 2.50 bits per heavy atom. The van der Waals surface area contributed by atoms with E-state index in [-0.39, 0.29) is 17.7 Å². The lowest BCUT2D eigenvalue weighted by molar-refractivity contribution is -0.141. The molecule has 2 fully saturated rings. The average Bonchev–Trinajstić information content (AvgIpc) is 3.67. The Morgan fingerprint density at radius 1 is 1.03 bits per heavy atom. The molecule has 4 heteroatoms. The van der Waals surface area contributed by atoms with Crippen molar-refractivity contribution in [2.24, 2.45) is 11.8 Å². The number of carbonyl (C=O) groups is 1. The van der Waals surface area contributed by atoms with Crippen LogP contribution in [-0.2, 0) is 16.0 Å². The van der Waals surface area contributed by atoms with Gasteiger partial charge in [0.1, 0.15) is 11.6 Å². The van der Waals surface area contributed by atoms with Gasteiger partial charge in [-0.15, -0.1) is 0 Å². The Balaban J connectivity index is 1.31. The summed E-state index contributed by atoms with van der Waals surface area (Å²) >= 11 is 0. The quantitative estimate of drug-likeness (QED) is 0.404. The number of rotatable bonds is 9. The van der Waals surface area contributed by atoms with Gasteiger partial charge in [0, 0.05) is 0 Å². The van der Waals surface area contributed by atoms with Gasteiger partial charge in [0.25, 0.3) is 0 Å². The number of ether oxygens (including phenoxy) is 2. The maximum atomic E-state index is 14.3. The van der Waals surface area contributed by atoms with Gasteiger partial charge in [-0.25, -0.2) is 4.39 Å². The summed E-state index contributed by atoms with van der Waals surface area (Å²) in [7, 11) is 3.10. The molecule has 172 valence electrons. The van der Waals surface area contributed by atoms with Crippen molar-refractivity contribution in [3.63, 3.8) is 0 Å². The molecule has 2 saturated carbocycles. The highest BCUT2D eigenvalue weighted by molar-refractivity contribution is 5.70. The first kappa shape index (κ1) is 22.8. The summed E-state index contributed by atoms with van der Waals surface area (Å²) in [6.45, 7) is 0. The predicted octanol–water partition coefficient (Wildman–Crippen LogP) is 6.80. The fourth-order valence-electron chi connectivity index (χ4n) is 5.39. The molecule has 0 spiro atoms. The van der Waals surface area contributed by atoms with Gasteiger partial charge in [0.05, 0.1) is 20.6 Å². The summed E-state index contributed by atoms with van der Waals surface area (Å²) in [6.07, 6.45) is 9.51. The molecule has 2 aromatic rings. The van der Waals surface area contributed by atoms with E-state index in [0.29, 0.717) is 24.2 Å². The molecular weight excluding hydrogens is 403 g/mol. The van der Waals surface area contributed by atoms with Crippen LogP contribution in [0.5, 0.6) is 5.75 Å². The van der Waals surface area contributed by atoms with Gasteiger partial charge >= 0.3 is 5.97 Å². The van der Waals surface area contributed by atoms with Gasteiger partial charge in [-0.3, -0.25) is 4.79 Å². The van der Waals surface area contributed by atoms with Crippen LogP contribution in [0, 0.1) is 17.7 Å². The average molecular weight is 439 g/mol. The van der Waals surface area contributed by atoms with E-state index >= 15 is 0 Å². The van der Waals surface area contributed by atoms with Crippen LogP contribution >= 0.6 is 0 Å². The van der Waals surface area contributed by atoms with E-state index in [1.54, 1.807) is 13.2 Å². The van der Waals surface area contributed by atoms with Gasteiger partial charge in [-0.2, -0.15) is 0 Å². The van der Waals surface area contributed by atoms with E-state index in [4.69, 9.17) is 9.47 Å². The molecule has 1 atom stereocenters. The van der Waals surface area contributed by atoms with Crippen LogP contribution in [0.15, 0.2) is 42.5 Å². The molecule has 0 saturated heterocycles. The monoisotopic (exact) mass is 438 g/mol. The van der Waals surface area contributed by atoms with Crippen molar-refractivity contribution >= 4 is 5.97 Å². The normalized spacial score (nSPS) is 21.7. The van der Waals surface area contributed by atoms with Crippen molar-refractivity contribution in [3.05, 3.63) is 65.0 Å². The number of hydrogen-bond acceptors (Lipinski definition) is 3. The van der Waals surface area contributed by atoms with Gasteiger partial charge in [0.2, 0.25) is 0 Å². The Hall–Kier alpha value is -2.36. The first-order valence-electron chi connectivity index (χ1n) is 12.1. The van der Waals surface area contributed by atoms with E-state index < -0.39 is 0 Å². The fraction of sp³-hybridized carbons (Fsp3) is 0.536. The van der Waals surface area contributed by atoms with Crippen molar-refractivity contribution in [1.29, 1.82) is 0 Å². The zero-order chi connectivity index (χ0) is 22.5. The number of halogens is 1. The number of hydrogen-bond donors (Lipinski definition) is 0. The molecule has 0 radical (unpaired) electrons. The molecule has 32 heavy (non-hydrogen) atoms. The van der Waals surface area contributed by atoms with Crippen LogP contribution in [0.4, 0.5) is 4.39 Å². The summed E-state index contributed by atoms with van der Waals surface area (Å²) in [6, 6.07) is 13.9. The molecule has 0 heterocycles. The first-order chi connectivity index (χ1) is 15.6. The number of esters is 1. The molecule has 2 aliphatic rings. The van der Waals surface area contributed by atoms with E-state index in [1.807, 2.05) is 6.07 Å². The molecule has 1 unspecified atom stereocenters. The summed E-state index contributed by atoms with van der Waals surface area (Å²) in [5, 5.41) is 0. The lowest BCUT2D eigenvalue weighted by atomic mass is 9.76. The Kier molecular flexibility index (Phi) is 7.49. The molecule has 0 amide bonds. The highest BCUT2D eigenvalue weighted by Gasteiger charge is 2.34. The summed E-state index contributed by atoms with van der Waals surface area (Å²) in [4.78, 5) is 11.9. The van der Waals surface area contributed by atoms with E-state index in [1.165, 1.54) is 43.6 Å². The molecule has 0 aromatic heterocycles. The molecule has 0 N–H and O–H groups in total. The molecule has 4 rings (SSSR count). The van der Waals surface area contributed by atoms with Crippen molar-refractivity contribution in [1.82, 2.24) is 0 Å². The Labute approximate surface area is 191 Å². The summed E-state index contributed by atoms with van der Waals surface area (Å²) < 4.78 is 24.6. The Morgan fingerprint density at radius 2 is 1.81 bits per heavy atom. The largest absolute Gasteiger partial charge is 0.497 e. The van der Waals surface area contributed by atoms with Gasteiger partial charge < -0.3 is 9.47 Å². The van der Waals surface area contributed by atoms with E-state index in [2.05, 4.69) is 24.3 Å². The second-order valence-corrected chi connectivity index (χ2v) is 9.61. The van der Waals surface area contributed by atoms with Crippen molar-refractivity contribution in [2.75, 3.05) is 14.2 Å². The fourth-order valence-corrected chi connectivity index (χ4v) is 5.39. The minimum atomic E-state index is -0.114. The summed E-state index contributed by atoms with van der Waals surface area (Å²) in [5.74, 6) is 2.41. The van der Waals surface area contributed by atoms with Crippen LogP contribution in [-0.4, -0.2) is 20.2 Å². The molecule has 0 bridgehead atoms. The molecule has 2 aliphatic carbocycles. The predicted molar refractivity (Wildman–Crippen MR) is 125 cm³/mol. The van der Waals surface area contributed by atoms with Crippen LogP contribution < -0.4 is 4.74 Å². The highest BCUT2D eigenvalue weighted by Crippen LogP contribution is 2.45. The second kappa shape index (κ2) is 10.5. The lowest BCUT2D eigenvalue weighted by Crippen LogP contribution is -2.15. The topological polar surface area (TPSA) is 35.5 Å². The summed E-state index contributed by atoms with van der Waals surface area (Å²) in [5.41, 5.74) is 3.46. The molecule has 3 nitrogen and oxygen atoms in total. The minimum Gasteiger partial charge on any atom is -0.497 e. The number of carbonyl (C=O) groups excluding carboxylic acids is 1. The van der Waals surface area contributed by atoms with Crippen LogP contribution in [0.25, 0.3) is 0 Å². The smallest absolute Gasteiger partial charge is 0.306 e. The third-order valence-electron chi connectivity index (χ3n) is 7.52. The first-order valence-corrected chi connectivity index (χ1v) is 12.1. The second-order valence-electron chi connectivity index (χ2n) is 9.61. The zero-order valence-electron chi connectivity index (χ0n) is 19.3. The lowest BCUT2D eigenvalue weighted by Gasteiger charge is -2.29. The van der Waals surface area contributed by atoms with Crippen LogP contribution in [0.3, 0.4) is 0 Å². The minimum absolute atomic E-state index is 0.108. The van der Waals surface area contributed by atoms with Gasteiger partial charge in [-0.1, -0.05) is 24.3 Å². The standard InChI is InChI=1S/C28H35FO3/c1-31-24-14-15-27(29)26(17-24)22-10-8-19(9-11-22)6-7-20-4-3-5-23(16-20)25(21-12-13-21)18-28(30)32-2/h3-5,14-17,19,21-22,25H,6-13,18H2,1-2H3. The number of aryl methyl sites for hydroxylation is 1. The van der Waals surface area contributed by atoms with E-state index in [9.17, 15) is 9.18 Å².